The minimum absolute atomic E-state index is 0.0299. The maximum Gasteiger partial charge on any atom is 0.262 e. The van der Waals surface area contributed by atoms with E-state index in [4.69, 9.17) is 10.2 Å². The van der Waals surface area contributed by atoms with E-state index in [-0.39, 0.29) is 23.2 Å². The largest absolute Gasteiger partial charge is 0.285 e. The predicted molar refractivity (Wildman–Crippen MR) is 214 cm³/mol. The third kappa shape index (κ3) is 7.21. The van der Waals surface area contributed by atoms with Crippen LogP contribution in [0.1, 0.15) is 51.5 Å². The highest BCUT2D eigenvalue weighted by Crippen LogP contribution is 2.29. The van der Waals surface area contributed by atoms with Gasteiger partial charge in [-0.2, -0.15) is 5.26 Å². The van der Waals surface area contributed by atoms with Crippen molar-refractivity contribution in [2.45, 2.75) is 25.9 Å². The van der Waals surface area contributed by atoms with Gasteiger partial charge in [-0.3, -0.25) is 18.7 Å². The summed E-state index contributed by atoms with van der Waals surface area (Å²) in [4.78, 5) is 36.1. The van der Waals surface area contributed by atoms with E-state index >= 15 is 0 Å². The Balaban J connectivity index is 0.000000164. The Kier molecular flexibility index (Phi) is 10.2. The second-order valence-electron chi connectivity index (χ2n) is 12.6. The molecule has 0 bridgehead atoms. The summed E-state index contributed by atoms with van der Waals surface area (Å²) in [6.07, 6.45) is 0. The third-order valence-electron chi connectivity index (χ3n) is 9.22. The maximum absolute atomic E-state index is 13.4. The fourth-order valence-corrected chi connectivity index (χ4v) is 7.14. The lowest BCUT2D eigenvalue weighted by Crippen LogP contribution is -2.29. The molecule has 2 heterocycles. The van der Waals surface area contributed by atoms with Crippen molar-refractivity contribution in [3.8, 4) is 6.07 Å². The summed E-state index contributed by atoms with van der Waals surface area (Å²) >= 11 is 3.45. The zero-order valence-corrected chi connectivity index (χ0v) is 30.7. The molecule has 0 unspecified atom stereocenters. The Morgan fingerprint density at radius 1 is 0.528 bits per heavy atom. The zero-order valence-electron chi connectivity index (χ0n) is 29.1. The molecule has 0 aliphatic carbocycles. The molecule has 0 fully saturated rings. The molecule has 8 heteroatoms. The minimum Gasteiger partial charge on any atom is -0.285 e. The average Bonchev–Trinajstić information content (AvgIpc) is 3.19. The quantitative estimate of drug-likeness (QED) is 0.169. The Labute approximate surface area is 315 Å². The first kappa shape index (κ1) is 35.0. The molecular formula is C45H34BrN5O2. The van der Waals surface area contributed by atoms with Crippen molar-refractivity contribution in [2.24, 2.45) is 0 Å². The van der Waals surface area contributed by atoms with Gasteiger partial charge in [0.15, 0.2) is 0 Å². The summed E-state index contributed by atoms with van der Waals surface area (Å²) in [5.41, 5.74) is 5.76. The van der Waals surface area contributed by atoms with Crippen LogP contribution < -0.4 is 11.1 Å². The Morgan fingerprint density at radius 2 is 0.887 bits per heavy atom. The molecule has 0 saturated heterocycles. The van der Waals surface area contributed by atoms with Crippen LogP contribution in [-0.4, -0.2) is 19.1 Å². The van der Waals surface area contributed by atoms with Crippen LogP contribution in [0.5, 0.6) is 0 Å². The first-order valence-corrected chi connectivity index (χ1v) is 17.9. The van der Waals surface area contributed by atoms with Crippen LogP contribution in [0.15, 0.2) is 172 Å². The number of hydrogen-bond donors (Lipinski definition) is 0. The lowest BCUT2D eigenvalue weighted by molar-refractivity contribution is 0.619. The first-order chi connectivity index (χ1) is 25.8. The van der Waals surface area contributed by atoms with Crippen molar-refractivity contribution >= 4 is 37.7 Å². The molecule has 6 aromatic carbocycles. The molecule has 258 valence electrons. The van der Waals surface area contributed by atoms with Crippen molar-refractivity contribution in [3.63, 3.8) is 0 Å². The summed E-state index contributed by atoms with van der Waals surface area (Å²) in [7, 11) is 0. The van der Waals surface area contributed by atoms with Gasteiger partial charge in [0.05, 0.1) is 45.5 Å². The first-order valence-electron chi connectivity index (χ1n) is 17.1. The maximum atomic E-state index is 13.4. The van der Waals surface area contributed by atoms with Gasteiger partial charge >= 0.3 is 0 Å². The molecular weight excluding hydrogens is 722 g/mol. The van der Waals surface area contributed by atoms with E-state index in [9.17, 15) is 9.59 Å². The highest BCUT2D eigenvalue weighted by molar-refractivity contribution is 9.10. The van der Waals surface area contributed by atoms with Gasteiger partial charge in [0.25, 0.3) is 11.1 Å². The summed E-state index contributed by atoms with van der Waals surface area (Å²) in [5, 5.41) is 10.2. The molecule has 8 aromatic rings. The standard InChI is InChI=1S/C23H17N3O.C22H17BrN2O/c1-16-25-21-14-17(15-24)12-13-20(21)23(27)26(16)22(18-8-4-2-5-9-18)19-10-6-3-7-11-19;1-15-24-20-14-18(23)12-13-19(20)22(26)25(15)21(16-8-4-2-5-9-16)17-10-6-3-7-11-17/h2-14,22H,1H3;2-14,21H,1H3. The third-order valence-corrected chi connectivity index (χ3v) is 9.72. The van der Waals surface area contributed by atoms with Crippen molar-refractivity contribution in [3.05, 3.63) is 222 Å². The van der Waals surface area contributed by atoms with E-state index in [1.54, 1.807) is 27.3 Å². The smallest absolute Gasteiger partial charge is 0.262 e. The zero-order chi connectivity index (χ0) is 36.9. The van der Waals surface area contributed by atoms with Crippen LogP contribution in [0.25, 0.3) is 21.8 Å². The van der Waals surface area contributed by atoms with E-state index in [0.717, 1.165) is 26.7 Å². The number of aryl methyl sites for hydroxylation is 2. The predicted octanol–water partition coefficient (Wildman–Crippen LogP) is 9.32. The van der Waals surface area contributed by atoms with Crippen LogP contribution in [0.3, 0.4) is 0 Å². The van der Waals surface area contributed by atoms with Gasteiger partial charge in [0.1, 0.15) is 11.6 Å². The van der Waals surface area contributed by atoms with Gasteiger partial charge in [-0.05, 0) is 72.5 Å². The molecule has 0 N–H and O–H groups in total. The molecule has 2 aromatic heterocycles. The summed E-state index contributed by atoms with van der Waals surface area (Å²) < 4.78 is 4.44. The van der Waals surface area contributed by atoms with Gasteiger partial charge in [-0.25, -0.2) is 9.97 Å². The number of aromatic nitrogens is 4. The molecule has 0 saturated carbocycles. The SMILES string of the molecule is Cc1nc2cc(Br)ccc2c(=O)n1C(c1ccccc1)c1ccccc1.Cc1nc2cc(C#N)ccc2c(=O)n1C(c1ccccc1)c1ccccc1. The van der Waals surface area contributed by atoms with Crippen LogP contribution in [0.2, 0.25) is 0 Å². The van der Waals surface area contributed by atoms with Gasteiger partial charge in [0, 0.05) is 4.47 Å². The van der Waals surface area contributed by atoms with E-state index in [1.165, 1.54) is 0 Å². The van der Waals surface area contributed by atoms with Crippen LogP contribution >= 0.6 is 15.9 Å². The highest BCUT2D eigenvalue weighted by Gasteiger charge is 2.23. The number of hydrogen-bond acceptors (Lipinski definition) is 5. The van der Waals surface area contributed by atoms with E-state index in [1.807, 2.05) is 129 Å². The number of rotatable bonds is 6. The minimum atomic E-state index is -0.271. The van der Waals surface area contributed by atoms with Crippen LogP contribution in [0, 0.1) is 25.2 Å². The van der Waals surface area contributed by atoms with Gasteiger partial charge in [0.2, 0.25) is 0 Å². The molecule has 0 aliphatic heterocycles. The lowest BCUT2D eigenvalue weighted by atomic mass is 9.98. The Morgan fingerprint density at radius 3 is 1.26 bits per heavy atom. The fourth-order valence-electron chi connectivity index (χ4n) is 6.79. The van der Waals surface area contributed by atoms with Crippen molar-refractivity contribution in [1.82, 2.24) is 19.1 Å². The molecule has 7 nitrogen and oxygen atoms in total. The van der Waals surface area contributed by atoms with E-state index in [0.29, 0.717) is 39.0 Å². The van der Waals surface area contributed by atoms with E-state index < -0.39 is 0 Å². The summed E-state index contributed by atoms with van der Waals surface area (Å²) in [6, 6.07) is 52.3. The van der Waals surface area contributed by atoms with Crippen molar-refractivity contribution in [1.29, 1.82) is 5.26 Å². The van der Waals surface area contributed by atoms with Crippen molar-refractivity contribution < 1.29 is 0 Å². The van der Waals surface area contributed by atoms with Crippen molar-refractivity contribution in [2.75, 3.05) is 0 Å². The highest BCUT2D eigenvalue weighted by atomic mass is 79.9. The molecule has 0 amide bonds. The van der Waals surface area contributed by atoms with E-state index in [2.05, 4.69) is 51.2 Å². The van der Waals surface area contributed by atoms with Gasteiger partial charge in [-0.1, -0.05) is 137 Å². The monoisotopic (exact) mass is 755 g/mol. The van der Waals surface area contributed by atoms with Crippen LogP contribution in [0.4, 0.5) is 0 Å². The molecule has 53 heavy (non-hydrogen) atoms. The topological polar surface area (TPSA) is 93.6 Å². The van der Waals surface area contributed by atoms with Gasteiger partial charge in [-0.15, -0.1) is 0 Å². The second-order valence-corrected chi connectivity index (χ2v) is 13.5. The van der Waals surface area contributed by atoms with Crippen LogP contribution in [-0.2, 0) is 0 Å². The fraction of sp³-hybridized carbons (Fsp3) is 0.0889. The number of halogens is 1. The Hall–Kier alpha value is -6.43. The second kappa shape index (κ2) is 15.4. The molecule has 0 atom stereocenters. The number of fused-ring (bicyclic) bond motifs is 2. The lowest BCUT2D eigenvalue weighted by Gasteiger charge is -2.23. The summed E-state index contributed by atoms with van der Waals surface area (Å²) in [5.74, 6) is 1.30. The summed E-state index contributed by atoms with van der Waals surface area (Å²) in [6.45, 7) is 3.72. The number of benzene rings is 6. The van der Waals surface area contributed by atoms with Gasteiger partial charge < -0.3 is 0 Å². The molecule has 0 spiro atoms. The molecule has 8 rings (SSSR count). The number of nitrogens with zero attached hydrogens (tertiary/aromatic N) is 5. The molecule has 0 aliphatic rings. The normalized spacial score (nSPS) is 11.0. The average molecular weight is 757 g/mol. The molecule has 0 radical (unpaired) electrons. The Bertz CT molecular complexity index is 2630. The number of nitriles is 1.